The van der Waals surface area contributed by atoms with Crippen molar-refractivity contribution in [2.75, 3.05) is 0 Å². The van der Waals surface area contributed by atoms with Crippen molar-refractivity contribution in [3.8, 4) is 11.1 Å². The van der Waals surface area contributed by atoms with Crippen molar-refractivity contribution in [3.05, 3.63) is 94.4 Å². The van der Waals surface area contributed by atoms with Gasteiger partial charge in [-0.25, -0.2) is 0 Å². The molecule has 1 N–H and O–H groups in total. The van der Waals surface area contributed by atoms with Crippen molar-refractivity contribution in [2.24, 2.45) is 0 Å². The van der Waals surface area contributed by atoms with Gasteiger partial charge in [-0.3, -0.25) is 9.59 Å². The third kappa shape index (κ3) is 4.32. The van der Waals surface area contributed by atoms with Crippen molar-refractivity contribution < 1.29 is 9.90 Å². The van der Waals surface area contributed by atoms with E-state index >= 15 is 0 Å². The minimum atomic E-state index is -1.04. The average Bonchev–Trinajstić information content (AvgIpc) is 2.62. The maximum atomic E-state index is 11.8. The molecule has 0 unspecified atom stereocenters. The van der Waals surface area contributed by atoms with Crippen molar-refractivity contribution in [1.29, 1.82) is 0 Å². The van der Waals surface area contributed by atoms with E-state index in [0.29, 0.717) is 0 Å². The van der Waals surface area contributed by atoms with Gasteiger partial charge in [0.05, 0.1) is 0 Å². The Morgan fingerprint density at radius 2 is 1.60 bits per heavy atom. The van der Waals surface area contributed by atoms with E-state index in [4.69, 9.17) is 5.11 Å². The normalized spacial score (nSPS) is 10.9. The van der Waals surface area contributed by atoms with Crippen LogP contribution in [0.3, 0.4) is 0 Å². The zero-order chi connectivity index (χ0) is 17.6. The predicted molar refractivity (Wildman–Crippen MR) is 99.1 cm³/mol. The van der Waals surface area contributed by atoms with E-state index in [1.54, 1.807) is 12.3 Å². The summed E-state index contributed by atoms with van der Waals surface area (Å²) in [7, 11) is 0. The molecule has 0 saturated carbocycles. The lowest BCUT2D eigenvalue weighted by Crippen LogP contribution is -2.22. The fourth-order valence-electron chi connectivity index (χ4n) is 2.55. The highest BCUT2D eigenvalue weighted by atomic mass is 16.4. The number of aliphatic carboxylic acids is 1. The molecule has 0 amide bonds. The van der Waals surface area contributed by atoms with E-state index < -0.39 is 5.97 Å². The molecule has 0 atom stereocenters. The van der Waals surface area contributed by atoms with Crippen LogP contribution in [0.5, 0.6) is 0 Å². The van der Waals surface area contributed by atoms with Gasteiger partial charge >= 0.3 is 5.97 Å². The maximum Gasteiger partial charge on any atom is 0.323 e. The molecule has 0 aliphatic carbocycles. The van der Waals surface area contributed by atoms with Crippen LogP contribution in [-0.4, -0.2) is 15.6 Å². The highest BCUT2D eigenvalue weighted by Gasteiger charge is 2.05. The summed E-state index contributed by atoms with van der Waals surface area (Å²) in [5, 5.41) is 8.91. The molecule has 0 spiro atoms. The molecule has 4 heteroatoms. The highest BCUT2D eigenvalue weighted by Crippen LogP contribution is 2.20. The van der Waals surface area contributed by atoms with Gasteiger partial charge in [0, 0.05) is 12.3 Å². The monoisotopic (exact) mass is 331 g/mol. The van der Waals surface area contributed by atoms with Gasteiger partial charge in [-0.2, -0.15) is 0 Å². The Balaban J connectivity index is 1.90. The molecule has 124 valence electrons. The molecule has 0 fully saturated rings. The molecule has 2 aromatic carbocycles. The molecule has 0 radical (unpaired) electrons. The first-order chi connectivity index (χ1) is 12.1. The lowest BCUT2D eigenvalue weighted by molar-refractivity contribution is -0.137. The van der Waals surface area contributed by atoms with E-state index in [1.807, 2.05) is 66.7 Å². The number of carboxylic acid groups (broad SMARTS) is 1. The number of hydrogen-bond acceptors (Lipinski definition) is 2. The SMILES string of the molecule is O=C(O)Cn1cc(-c2cccc(/C=C/c3ccccc3)c2)ccc1=O. The Kier molecular flexibility index (Phi) is 4.90. The summed E-state index contributed by atoms with van der Waals surface area (Å²) >= 11 is 0. The maximum absolute atomic E-state index is 11.8. The number of benzene rings is 2. The van der Waals surface area contributed by atoms with Gasteiger partial charge < -0.3 is 9.67 Å². The van der Waals surface area contributed by atoms with Crippen molar-refractivity contribution in [1.82, 2.24) is 4.57 Å². The molecule has 0 aliphatic heterocycles. The average molecular weight is 331 g/mol. The molecular formula is C21H17NO3. The van der Waals surface area contributed by atoms with Crippen LogP contribution >= 0.6 is 0 Å². The first-order valence-corrected chi connectivity index (χ1v) is 7.88. The number of nitrogens with zero attached hydrogens (tertiary/aromatic N) is 1. The van der Waals surface area contributed by atoms with Crippen LogP contribution in [0.4, 0.5) is 0 Å². The molecule has 3 aromatic rings. The van der Waals surface area contributed by atoms with Gasteiger partial charge in [0.15, 0.2) is 0 Å². The number of carbonyl (C=O) groups is 1. The van der Waals surface area contributed by atoms with Crippen LogP contribution in [0, 0.1) is 0 Å². The summed E-state index contributed by atoms with van der Waals surface area (Å²) in [5.41, 5.74) is 3.54. The van der Waals surface area contributed by atoms with Gasteiger partial charge in [-0.15, -0.1) is 0 Å². The third-order valence-corrected chi connectivity index (χ3v) is 3.78. The molecule has 0 bridgehead atoms. The third-order valence-electron chi connectivity index (χ3n) is 3.78. The first-order valence-electron chi connectivity index (χ1n) is 7.88. The largest absolute Gasteiger partial charge is 0.480 e. The Labute approximate surface area is 145 Å². The minimum absolute atomic E-state index is 0.328. The van der Waals surface area contributed by atoms with Crippen molar-refractivity contribution in [2.45, 2.75) is 6.54 Å². The number of hydrogen-bond donors (Lipinski definition) is 1. The van der Waals surface area contributed by atoms with E-state index in [0.717, 1.165) is 22.3 Å². The van der Waals surface area contributed by atoms with Crippen LogP contribution < -0.4 is 5.56 Å². The smallest absolute Gasteiger partial charge is 0.323 e. The number of rotatable bonds is 5. The second kappa shape index (κ2) is 7.45. The minimum Gasteiger partial charge on any atom is -0.480 e. The zero-order valence-electron chi connectivity index (χ0n) is 13.5. The fourth-order valence-corrected chi connectivity index (χ4v) is 2.55. The van der Waals surface area contributed by atoms with E-state index in [2.05, 4.69) is 0 Å². The molecule has 4 nitrogen and oxygen atoms in total. The predicted octanol–water partition coefficient (Wildman–Crippen LogP) is 3.77. The summed E-state index contributed by atoms with van der Waals surface area (Å²) in [6, 6.07) is 21.0. The quantitative estimate of drug-likeness (QED) is 0.724. The summed E-state index contributed by atoms with van der Waals surface area (Å²) in [4.78, 5) is 22.6. The topological polar surface area (TPSA) is 59.3 Å². The lowest BCUT2D eigenvalue weighted by atomic mass is 10.0. The van der Waals surface area contributed by atoms with Gasteiger partial charge in [0.25, 0.3) is 5.56 Å². The molecule has 1 heterocycles. The highest BCUT2D eigenvalue weighted by molar-refractivity contribution is 5.73. The summed E-state index contributed by atoms with van der Waals surface area (Å²) in [6.07, 6.45) is 5.63. The van der Waals surface area contributed by atoms with Gasteiger partial charge in [0.1, 0.15) is 6.54 Å². The first kappa shape index (κ1) is 16.5. The van der Waals surface area contributed by atoms with Crippen LogP contribution in [0.15, 0.2) is 77.7 Å². The number of pyridine rings is 1. The molecule has 0 saturated heterocycles. The molecule has 25 heavy (non-hydrogen) atoms. The molecule has 3 rings (SSSR count). The van der Waals surface area contributed by atoms with Crippen LogP contribution in [0.2, 0.25) is 0 Å². The fraction of sp³-hybridized carbons (Fsp3) is 0.0476. The summed E-state index contributed by atoms with van der Waals surface area (Å²) in [5.74, 6) is -1.04. The second-order valence-corrected chi connectivity index (χ2v) is 5.65. The van der Waals surface area contributed by atoms with Crippen LogP contribution in [0.1, 0.15) is 11.1 Å². The molecule has 1 aromatic heterocycles. The van der Waals surface area contributed by atoms with Crippen molar-refractivity contribution in [3.63, 3.8) is 0 Å². The second-order valence-electron chi connectivity index (χ2n) is 5.65. The summed E-state index contributed by atoms with van der Waals surface area (Å²) in [6.45, 7) is -0.347. The number of aromatic nitrogens is 1. The Bertz CT molecular complexity index is 972. The Morgan fingerprint density at radius 3 is 2.36 bits per heavy atom. The Hall–Kier alpha value is -3.40. The molecule has 0 aliphatic rings. The standard InChI is InChI=1S/C21H17NO3/c23-20-12-11-19(14-22(20)15-21(24)25)18-8-4-7-17(13-18)10-9-16-5-2-1-3-6-16/h1-14H,15H2,(H,24,25)/b10-9+. The Morgan fingerprint density at radius 1 is 0.880 bits per heavy atom. The van der Waals surface area contributed by atoms with Gasteiger partial charge in [-0.1, -0.05) is 60.7 Å². The lowest BCUT2D eigenvalue weighted by Gasteiger charge is -2.07. The van der Waals surface area contributed by atoms with Gasteiger partial charge in [0.2, 0.25) is 0 Å². The molecular weight excluding hydrogens is 314 g/mol. The zero-order valence-corrected chi connectivity index (χ0v) is 13.5. The van der Waals surface area contributed by atoms with Gasteiger partial charge in [-0.05, 0) is 34.4 Å². The van der Waals surface area contributed by atoms with Crippen LogP contribution in [-0.2, 0) is 11.3 Å². The van der Waals surface area contributed by atoms with E-state index in [-0.39, 0.29) is 12.1 Å². The van der Waals surface area contributed by atoms with Crippen LogP contribution in [0.25, 0.3) is 23.3 Å². The summed E-state index contributed by atoms with van der Waals surface area (Å²) < 4.78 is 1.20. The van der Waals surface area contributed by atoms with Crippen molar-refractivity contribution >= 4 is 18.1 Å². The van der Waals surface area contributed by atoms with E-state index in [9.17, 15) is 9.59 Å². The van der Waals surface area contributed by atoms with E-state index in [1.165, 1.54) is 10.6 Å². The number of carboxylic acids is 1.